The van der Waals surface area contributed by atoms with Crippen LogP contribution in [0.4, 0.5) is 0 Å². The smallest absolute Gasteiger partial charge is 0.0738 e. The van der Waals surface area contributed by atoms with Crippen molar-refractivity contribution in [2.75, 3.05) is 6.54 Å². The van der Waals surface area contributed by atoms with Gasteiger partial charge in [-0.25, -0.2) is 0 Å². The van der Waals surface area contributed by atoms with Gasteiger partial charge in [0.2, 0.25) is 0 Å². The molecule has 2 aromatic rings. The third-order valence-corrected chi connectivity index (χ3v) is 3.29. The maximum Gasteiger partial charge on any atom is 0.0738 e. The summed E-state index contributed by atoms with van der Waals surface area (Å²) in [4.78, 5) is 0. The van der Waals surface area contributed by atoms with E-state index in [0.29, 0.717) is 10.0 Å². The van der Waals surface area contributed by atoms with Crippen molar-refractivity contribution in [2.45, 2.75) is 13.0 Å². The van der Waals surface area contributed by atoms with Crippen molar-refractivity contribution in [1.29, 1.82) is 0 Å². The van der Waals surface area contributed by atoms with E-state index in [9.17, 15) is 0 Å². The number of nitrogens with zero attached hydrogens (tertiary/aromatic N) is 3. The lowest BCUT2D eigenvalue weighted by molar-refractivity contribution is 0.617. The van der Waals surface area contributed by atoms with Crippen LogP contribution in [0.1, 0.15) is 11.3 Å². The molecular weight excluding hydrogens is 271 g/mol. The van der Waals surface area contributed by atoms with Gasteiger partial charge >= 0.3 is 0 Å². The molecule has 6 heteroatoms. The molecule has 0 spiro atoms. The molecule has 0 atom stereocenters. The Kier molecular flexibility index (Phi) is 4.58. The maximum absolute atomic E-state index is 6.10. The van der Waals surface area contributed by atoms with Crippen molar-refractivity contribution in [3.05, 3.63) is 45.7 Å². The highest BCUT2D eigenvalue weighted by atomic mass is 35.5. The van der Waals surface area contributed by atoms with Crippen LogP contribution in [0.2, 0.25) is 10.0 Å². The Morgan fingerprint density at radius 3 is 2.83 bits per heavy atom. The van der Waals surface area contributed by atoms with Crippen molar-refractivity contribution >= 4 is 23.2 Å². The summed E-state index contributed by atoms with van der Waals surface area (Å²) in [5, 5.41) is 12.4. The fourth-order valence-electron chi connectivity index (χ4n) is 1.63. The summed E-state index contributed by atoms with van der Waals surface area (Å²) < 4.78 is 1.75. The standard InChI is InChI=1S/C12H14Cl2N4/c1-18-11(8-16-17-18)7-15-5-4-9-2-3-10(13)6-12(9)14/h2-3,6,8,15H,4-5,7H2,1H3. The summed E-state index contributed by atoms with van der Waals surface area (Å²) in [6.45, 7) is 1.58. The number of halogens is 2. The number of hydrogen-bond donors (Lipinski definition) is 1. The molecule has 0 amide bonds. The van der Waals surface area contributed by atoms with Crippen LogP contribution in [0.3, 0.4) is 0 Å². The van der Waals surface area contributed by atoms with Crippen LogP contribution in [0.5, 0.6) is 0 Å². The normalized spacial score (nSPS) is 10.8. The lowest BCUT2D eigenvalue weighted by Crippen LogP contribution is -2.18. The van der Waals surface area contributed by atoms with Gasteiger partial charge < -0.3 is 5.32 Å². The van der Waals surface area contributed by atoms with Crippen LogP contribution in [-0.2, 0) is 20.0 Å². The number of aromatic nitrogens is 3. The number of nitrogens with one attached hydrogen (secondary N) is 1. The average molecular weight is 285 g/mol. The van der Waals surface area contributed by atoms with Gasteiger partial charge in [0, 0.05) is 23.6 Å². The largest absolute Gasteiger partial charge is 0.311 e. The number of rotatable bonds is 5. The third kappa shape index (κ3) is 3.45. The highest BCUT2D eigenvalue weighted by molar-refractivity contribution is 6.35. The van der Waals surface area contributed by atoms with E-state index >= 15 is 0 Å². The molecule has 0 radical (unpaired) electrons. The molecule has 0 unspecified atom stereocenters. The first-order chi connectivity index (χ1) is 8.66. The second kappa shape index (κ2) is 6.18. The average Bonchev–Trinajstić information content (AvgIpc) is 2.73. The van der Waals surface area contributed by atoms with Crippen LogP contribution in [-0.4, -0.2) is 21.5 Å². The topological polar surface area (TPSA) is 42.7 Å². The van der Waals surface area contributed by atoms with Crippen LogP contribution < -0.4 is 5.32 Å². The van der Waals surface area contributed by atoms with Crippen molar-refractivity contribution in [3.8, 4) is 0 Å². The number of hydrogen-bond acceptors (Lipinski definition) is 3. The maximum atomic E-state index is 6.10. The Bertz CT molecular complexity index is 525. The molecule has 1 heterocycles. The predicted molar refractivity (Wildman–Crippen MR) is 72.9 cm³/mol. The van der Waals surface area contributed by atoms with Gasteiger partial charge in [0.15, 0.2) is 0 Å². The molecule has 1 N–H and O–H groups in total. The van der Waals surface area contributed by atoms with Gasteiger partial charge in [0.25, 0.3) is 0 Å². The number of benzene rings is 1. The van der Waals surface area contributed by atoms with Crippen molar-refractivity contribution < 1.29 is 0 Å². The van der Waals surface area contributed by atoms with E-state index in [2.05, 4.69) is 15.6 Å². The monoisotopic (exact) mass is 284 g/mol. The zero-order valence-corrected chi connectivity index (χ0v) is 11.5. The second-order valence-corrected chi connectivity index (χ2v) is 4.86. The summed E-state index contributed by atoms with van der Waals surface area (Å²) in [5.41, 5.74) is 2.15. The zero-order chi connectivity index (χ0) is 13.0. The molecule has 0 saturated heterocycles. The SMILES string of the molecule is Cn1nncc1CNCCc1ccc(Cl)cc1Cl. The lowest BCUT2D eigenvalue weighted by Gasteiger charge is -2.06. The zero-order valence-electron chi connectivity index (χ0n) is 10.0. The summed E-state index contributed by atoms with van der Waals surface area (Å²) in [6.07, 6.45) is 2.61. The van der Waals surface area contributed by atoms with Gasteiger partial charge in [0.05, 0.1) is 11.9 Å². The van der Waals surface area contributed by atoms with Crippen molar-refractivity contribution in [3.63, 3.8) is 0 Å². The molecule has 4 nitrogen and oxygen atoms in total. The molecule has 96 valence electrons. The Hall–Kier alpha value is -1.10. The molecule has 0 aliphatic heterocycles. The van der Waals surface area contributed by atoms with E-state index in [0.717, 1.165) is 30.8 Å². The van der Waals surface area contributed by atoms with E-state index in [1.54, 1.807) is 16.9 Å². The molecule has 0 saturated carbocycles. The summed E-state index contributed by atoms with van der Waals surface area (Å²) >= 11 is 11.9. The molecule has 1 aromatic heterocycles. The van der Waals surface area contributed by atoms with E-state index in [4.69, 9.17) is 23.2 Å². The Labute approximate surface area is 116 Å². The Balaban J connectivity index is 1.80. The summed E-state index contributed by atoms with van der Waals surface area (Å²) in [5.74, 6) is 0. The summed E-state index contributed by atoms with van der Waals surface area (Å²) in [7, 11) is 1.88. The van der Waals surface area contributed by atoms with Crippen LogP contribution >= 0.6 is 23.2 Å². The van der Waals surface area contributed by atoms with E-state index < -0.39 is 0 Å². The lowest BCUT2D eigenvalue weighted by atomic mass is 10.1. The van der Waals surface area contributed by atoms with Gasteiger partial charge in [-0.2, -0.15) is 0 Å². The summed E-state index contributed by atoms with van der Waals surface area (Å²) in [6, 6.07) is 5.58. The van der Waals surface area contributed by atoms with E-state index in [1.807, 2.05) is 19.2 Å². The van der Waals surface area contributed by atoms with Crippen molar-refractivity contribution in [1.82, 2.24) is 20.3 Å². The Morgan fingerprint density at radius 1 is 1.33 bits per heavy atom. The molecule has 0 fully saturated rings. The third-order valence-electron chi connectivity index (χ3n) is 2.70. The number of aryl methyl sites for hydroxylation is 1. The molecule has 0 aliphatic carbocycles. The molecule has 0 aliphatic rings. The highest BCUT2D eigenvalue weighted by Gasteiger charge is 2.02. The highest BCUT2D eigenvalue weighted by Crippen LogP contribution is 2.20. The second-order valence-electron chi connectivity index (χ2n) is 4.01. The predicted octanol–water partition coefficient (Wildman–Crippen LogP) is 2.45. The molecule has 2 rings (SSSR count). The first kappa shape index (κ1) is 13.3. The Morgan fingerprint density at radius 2 is 2.17 bits per heavy atom. The van der Waals surface area contributed by atoms with E-state index in [1.165, 1.54) is 0 Å². The van der Waals surface area contributed by atoms with Gasteiger partial charge in [0.1, 0.15) is 0 Å². The minimum Gasteiger partial charge on any atom is -0.311 e. The van der Waals surface area contributed by atoms with Crippen LogP contribution in [0.25, 0.3) is 0 Å². The van der Waals surface area contributed by atoms with E-state index in [-0.39, 0.29) is 0 Å². The molecular formula is C12H14Cl2N4. The fourth-order valence-corrected chi connectivity index (χ4v) is 2.14. The van der Waals surface area contributed by atoms with Gasteiger partial charge in [-0.3, -0.25) is 4.68 Å². The first-order valence-electron chi connectivity index (χ1n) is 5.65. The molecule has 18 heavy (non-hydrogen) atoms. The molecule has 1 aromatic carbocycles. The quantitative estimate of drug-likeness (QED) is 0.858. The van der Waals surface area contributed by atoms with Crippen molar-refractivity contribution in [2.24, 2.45) is 7.05 Å². The minimum absolute atomic E-state index is 0.665. The fraction of sp³-hybridized carbons (Fsp3) is 0.333. The van der Waals surface area contributed by atoms with Gasteiger partial charge in [-0.05, 0) is 30.7 Å². The van der Waals surface area contributed by atoms with Crippen LogP contribution in [0.15, 0.2) is 24.4 Å². The van der Waals surface area contributed by atoms with Gasteiger partial charge in [-0.15, -0.1) is 5.10 Å². The first-order valence-corrected chi connectivity index (χ1v) is 6.40. The van der Waals surface area contributed by atoms with Crippen LogP contribution in [0, 0.1) is 0 Å². The minimum atomic E-state index is 0.665. The molecule has 0 bridgehead atoms. The van der Waals surface area contributed by atoms with Gasteiger partial charge in [-0.1, -0.05) is 34.5 Å².